The molecule has 0 saturated heterocycles. The molecule has 3 aromatic heterocycles. The Bertz CT molecular complexity index is 1300. The number of anilines is 1. The summed E-state index contributed by atoms with van der Waals surface area (Å²) < 4.78 is 35.3. The summed E-state index contributed by atoms with van der Waals surface area (Å²) in [4.78, 5) is 8.15. The van der Waals surface area contributed by atoms with E-state index in [2.05, 4.69) is 30.9 Å². The van der Waals surface area contributed by atoms with Gasteiger partial charge in [0.2, 0.25) is 0 Å². The lowest BCUT2D eigenvalue weighted by molar-refractivity contribution is 0.0527. The molecule has 12 nitrogen and oxygen atoms in total. The molecule has 1 aromatic carbocycles. The summed E-state index contributed by atoms with van der Waals surface area (Å²) in [6.07, 6.45) is 0.804. The molecule has 4 aromatic rings. The Morgan fingerprint density at radius 3 is 2.46 bits per heavy atom. The first-order chi connectivity index (χ1) is 17.9. The van der Waals surface area contributed by atoms with E-state index < -0.39 is 49.8 Å². The summed E-state index contributed by atoms with van der Waals surface area (Å²) in [5.74, 6) is -1.61. The number of hydrogen-bond acceptors (Lipinski definition) is 11. The molecule has 0 bridgehead atoms. The van der Waals surface area contributed by atoms with Crippen molar-refractivity contribution in [2.45, 2.75) is 24.9 Å². The van der Waals surface area contributed by atoms with Crippen molar-refractivity contribution in [1.82, 2.24) is 30.2 Å². The minimum Gasteiger partial charge on any atom is -0.395 e. The highest BCUT2D eigenvalue weighted by atomic mass is 19.1. The van der Waals surface area contributed by atoms with Crippen LogP contribution in [0, 0.1) is 11.6 Å². The van der Waals surface area contributed by atoms with Crippen molar-refractivity contribution in [3.05, 3.63) is 66.1 Å². The van der Waals surface area contributed by atoms with Crippen molar-refractivity contribution < 1.29 is 33.7 Å². The van der Waals surface area contributed by atoms with Gasteiger partial charge >= 0.3 is 0 Å². The predicted molar refractivity (Wildman–Crippen MR) is 126 cm³/mol. The standard InChI is InChI=1S/C23H25F2N7O5/c24-15-4-2-1-3-13(15)9-32-20(17-5-6-37-31-17)7-18(30-32)22-26-8-16(25)21(29-22)28-19(12-35)23(36)27-14(10-33)11-34/h1-8,14,19,23,27,33-36H,9-12H2,(H,26,28,29)/t19-,23?/m1/s1. The molecular formula is C23H25F2N7O5. The molecule has 3 heterocycles. The Hall–Kier alpha value is -3.82. The fraction of sp³-hybridized carbons (Fsp3) is 0.304. The van der Waals surface area contributed by atoms with Gasteiger partial charge < -0.3 is 30.3 Å². The number of aromatic nitrogens is 5. The highest BCUT2D eigenvalue weighted by Crippen LogP contribution is 2.26. The van der Waals surface area contributed by atoms with Crippen LogP contribution in [0.1, 0.15) is 5.56 Å². The zero-order chi connectivity index (χ0) is 26.4. The van der Waals surface area contributed by atoms with Crippen LogP contribution < -0.4 is 10.6 Å². The molecule has 14 heteroatoms. The van der Waals surface area contributed by atoms with Crippen LogP contribution in [0.5, 0.6) is 0 Å². The maximum Gasteiger partial charge on any atom is 0.183 e. The van der Waals surface area contributed by atoms with Crippen LogP contribution in [0.15, 0.2) is 53.4 Å². The van der Waals surface area contributed by atoms with Crippen molar-refractivity contribution in [3.8, 4) is 22.9 Å². The topological polar surface area (TPSA) is 175 Å². The molecular weight excluding hydrogens is 492 g/mol. The zero-order valence-corrected chi connectivity index (χ0v) is 19.4. The summed E-state index contributed by atoms with van der Waals surface area (Å²) in [5, 5.41) is 51.9. The normalized spacial score (nSPS) is 13.2. The molecule has 0 spiro atoms. The third-order valence-corrected chi connectivity index (χ3v) is 5.48. The Labute approximate surface area is 209 Å². The average molecular weight is 517 g/mol. The number of nitrogens with one attached hydrogen (secondary N) is 2. The minimum absolute atomic E-state index is 0.00339. The number of halogens is 2. The second kappa shape index (κ2) is 11.9. The van der Waals surface area contributed by atoms with Crippen LogP contribution in [0.2, 0.25) is 0 Å². The van der Waals surface area contributed by atoms with Gasteiger partial charge in [-0.15, -0.1) is 0 Å². The van der Waals surface area contributed by atoms with Gasteiger partial charge in [0.1, 0.15) is 29.7 Å². The Kier molecular flexibility index (Phi) is 8.47. The molecule has 0 saturated carbocycles. The molecule has 0 aliphatic heterocycles. The first-order valence-electron chi connectivity index (χ1n) is 11.2. The van der Waals surface area contributed by atoms with Crippen molar-refractivity contribution in [2.75, 3.05) is 25.1 Å². The van der Waals surface area contributed by atoms with E-state index in [1.54, 1.807) is 30.3 Å². The van der Waals surface area contributed by atoms with E-state index in [1.165, 1.54) is 17.0 Å². The molecule has 1 unspecified atom stereocenters. The number of nitrogens with zero attached hydrogens (tertiary/aromatic N) is 5. The second-order valence-corrected chi connectivity index (χ2v) is 8.05. The predicted octanol–water partition coefficient (Wildman–Crippen LogP) is 0.356. The lowest BCUT2D eigenvalue weighted by Crippen LogP contribution is -2.52. The van der Waals surface area contributed by atoms with Gasteiger partial charge in [-0.3, -0.25) is 10.00 Å². The molecule has 196 valence electrons. The van der Waals surface area contributed by atoms with E-state index in [1.807, 2.05) is 0 Å². The van der Waals surface area contributed by atoms with Gasteiger partial charge in [0, 0.05) is 11.6 Å². The third-order valence-electron chi connectivity index (χ3n) is 5.48. The van der Waals surface area contributed by atoms with E-state index >= 15 is 0 Å². The van der Waals surface area contributed by atoms with Crippen LogP contribution in [0.3, 0.4) is 0 Å². The molecule has 0 fully saturated rings. The highest BCUT2D eigenvalue weighted by molar-refractivity contribution is 5.63. The number of hydrogen-bond donors (Lipinski definition) is 6. The van der Waals surface area contributed by atoms with Crippen LogP contribution >= 0.6 is 0 Å². The van der Waals surface area contributed by atoms with E-state index in [9.17, 15) is 29.2 Å². The van der Waals surface area contributed by atoms with Gasteiger partial charge in [-0.1, -0.05) is 23.4 Å². The number of aliphatic hydroxyl groups is 4. The molecule has 0 amide bonds. The highest BCUT2D eigenvalue weighted by Gasteiger charge is 2.24. The Morgan fingerprint density at radius 1 is 1.00 bits per heavy atom. The Balaban J connectivity index is 1.64. The van der Waals surface area contributed by atoms with E-state index in [-0.39, 0.29) is 23.9 Å². The van der Waals surface area contributed by atoms with Crippen LogP contribution in [0.4, 0.5) is 14.6 Å². The summed E-state index contributed by atoms with van der Waals surface area (Å²) in [7, 11) is 0. The third kappa shape index (κ3) is 6.12. The maximum absolute atomic E-state index is 14.5. The molecule has 0 radical (unpaired) electrons. The van der Waals surface area contributed by atoms with Crippen LogP contribution in [0.25, 0.3) is 22.9 Å². The summed E-state index contributed by atoms with van der Waals surface area (Å²) in [6, 6.07) is 7.40. The summed E-state index contributed by atoms with van der Waals surface area (Å²) >= 11 is 0. The fourth-order valence-corrected chi connectivity index (χ4v) is 3.50. The van der Waals surface area contributed by atoms with Gasteiger partial charge in [-0.05, 0) is 12.1 Å². The summed E-state index contributed by atoms with van der Waals surface area (Å²) in [6.45, 7) is -1.52. The van der Waals surface area contributed by atoms with E-state index in [0.29, 0.717) is 17.0 Å². The Morgan fingerprint density at radius 2 is 1.78 bits per heavy atom. The molecule has 6 N–H and O–H groups in total. The van der Waals surface area contributed by atoms with Gasteiger partial charge in [0.05, 0.1) is 50.3 Å². The van der Waals surface area contributed by atoms with Gasteiger partial charge in [-0.25, -0.2) is 18.7 Å². The molecule has 37 heavy (non-hydrogen) atoms. The molecule has 0 aliphatic rings. The largest absolute Gasteiger partial charge is 0.395 e. The van der Waals surface area contributed by atoms with Crippen LogP contribution in [-0.2, 0) is 6.54 Å². The number of rotatable bonds is 12. The van der Waals surface area contributed by atoms with Gasteiger partial charge in [0.15, 0.2) is 17.5 Å². The summed E-state index contributed by atoms with van der Waals surface area (Å²) in [5.41, 5.74) is 1.49. The first-order valence-corrected chi connectivity index (χ1v) is 11.2. The average Bonchev–Trinajstić information content (AvgIpc) is 3.58. The van der Waals surface area contributed by atoms with Gasteiger partial charge in [-0.2, -0.15) is 5.10 Å². The minimum atomic E-state index is -1.47. The smallest absolute Gasteiger partial charge is 0.183 e. The van der Waals surface area contributed by atoms with Crippen LogP contribution in [-0.4, -0.2) is 83.5 Å². The van der Waals surface area contributed by atoms with E-state index in [4.69, 9.17) is 4.52 Å². The quantitative estimate of drug-likeness (QED) is 0.143. The number of aliphatic hydroxyl groups excluding tert-OH is 4. The lowest BCUT2D eigenvalue weighted by atomic mass is 10.2. The van der Waals surface area contributed by atoms with Crippen molar-refractivity contribution in [3.63, 3.8) is 0 Å². The van der Waals surface area contributed by atoms with E-state index in [0.717, 1.165) is 6.20 Å². The molecule has 2 atom stereocenters. The molecule has 4 rings (SSSR count). The van der Waals surface area contributed by atoms with Gasteiger partial charge in [0.25, 0.3) is 0 Å². The fourth-order valence-electron chi connectivity index (χ4n) is 3.50. The number of benzene rings is 1. The zero-order valence-electron chi connectivity index (χ0n) is 19.4. The van der Waals surface area contributed by atoms with Crippen molar-refractivity contribution in [1.29, 1.82) is 0 Å². The van der Waals surface area contributed by atoms with Crippen molar-refractivity contribution in [2.24, 2.45) is 0 Å². The SMILES string of the molecule is OCC(CO)NC(O)[C@@H](CO)Nc1nc(-c2cc(-c3ccon3)n(Cc3ccccc3F)n2)ncc1F. The van der Waals surface area contributed by atoms with Crippen molar-refractivity contribution >= 4 is 5.82 Å². The lowest BCUT2D eigenvalue weighted by Gasteiger charge is -2.26. The second-order valence-electron chi connectivity index (χ2n) is 8.05. The maximum atomic E-state index is 14.5. The molecule has 0 aliphatic carbocycles. The monoisotopic (exact) mass is 517 g/mol. The first kappa shape index (κ1) is 26.2.